The molecule has 0 saturated carbocycles. The number of ketones is 1. The minimum absolute atomic E-state index is 0.141. The highest BCUT2D eigenvalue weighted by molar-refractivity contribution is 6.06. The number of nitrogens with one attached hydrogen (secondary N) is 1. The zero-order valence-corrected chi connectivity index (χ0v) is 12.5. The number of benzene rings is 1. The summed E-state index contributed by atoms with van der Waals surface area (Å²) in [5.41, 5.74) is 2.83. The van der Waals surface area contributed by atoms with Crippen LogP contribution >= 0.6 is 0 Å². The Kier molecular flexibility index (Phi) is 3.44. The van der Waals surface area contributed by atoms with Crippen molar-refractivity contribution in [2.45, 2.75) is 26.9 Å². The van der Waals surface area contributed by atoms with Crippen LogP contribution < -0.4 is 0 Å². The first-order valence-corrected chi connectivity index (χ1v) is 6.93. The van der Waals surface area contributed by atoms with Crippen molar-refractivity contribution >= 4 is 16.7 Å². The molecule has 0 spiro atoms. The lowest BCUT2D eigenvalue weighted by Crippen LogP contribution is -1.95. The molecule has 2 heterocycles. The molecule has 0 fully saturated rings. The van der Waals surface area contributed by atoms with Gasteiger partial charge in [0.2, 0.25) is 0 Å². The van der Waals surface area contributed by atoms with E-state index in [0.29, 0.717) is 28.0 Å². The van der Waals surface area contributed by atoms with E-state index >= 15 is 0 Å². The number of Topliss-reactive ketones (excluding diaryl/α,β-unsaturated/α-hetero) is 1. The first kappa shape index (κ1) is 14.3. The third-order valence-corrected chi connectivity index (χ3v) is 3.58. The molecule has 1 atom stereocenters. The predicted molar refractivity (Wildman–Crippen MR) is 81.4 cm³/mol. The Balaban J connectivity index is 2.29. The standard InChI is InChI=1S/C16H15FN4O/c1-8(17)13-4-11(12-6-18-10(3)19-7-12)5-14-15(9(2)22)20-21-16(13)14/h4-8H,1-3H3,(H,20,21). The quantitative estimate of drug-likeness (QED) is 0.750. The molecule has 5 nitrogen and oxygen atoms in total. The third kappa shape index (κ3) is 2.36. The maximum Gasteiger partial charge on any atom is 0.178 e. The van der Waals surface area contributed by atoms with Crippen LogP contribution in [-0.2, 0) is 0 Å². The van der Waals surface area contributed by atoms with Gasteiger partial charge in [-0.15, -0.1) is 0 Å². The van der Waals surface area contributed by atoms with Crippen molar-refractivity contribution in [3.63, 3.8) is 0 Å². The lowest BCUT2D eigenvalue weighted by Gasteiger charge is -2.08. The average molecular weight is 298 g/mol. The number of aryl methyl sites for hydroxylation is 1. The molecule has 0 amide bonds. The van der Waals surface area contributed by atoms with Gasteiger partial charge in [-0.1, -0.05) is 0 Å². The third-order valence-electron chi connectivity index (χ3n) is 3.58. The number of fused-ring (bicyclic) bond motifs is 1. The number of aromatic amines is 1. The number of hydrogen-bond acceptors (Lipinski definition) is 4. The van der Waals surface area contributed by atoms with Gasteiger partial charge in [0.05, 0.1) is 5.52 Å². The second-order valence-electron chi connectivity index (χ2n) is 5.25. The topological polar surface area (TPSA) is 71.5 Å². The van der Waals surface area contributed by atoms with E-state index in [1.807, 2.05) is 6.07 Å². The van der Waals surface area contributed by atoms with Crippen LogP contribution in [0.3, 0.4) is 0 Å². The number of alkyl halides is 1. The summed E-state index contributed by atoms with van der Waals surface area (Å²) in [5, 5.41) is 7.41. The van der Waals surface area contributed by atoms with E-state index < -0.39 is 6.17 Å². The van der Waals surface area contributed by atoms with E-state index in [4.69, 9.17) is 0 Å². The summed E-state index contributed by atoms with van der Waals surface area (Å²) in [7, 11) is 0. The molecule has 2 aromatic heterocycles. The maximum absolute atomic E-state index is 14.0. The van der Waals surface area contributed by atoms with E-state index in [-0.39, 0.29) is 5.78 Å². The highest BCUT2D eigenvalue weighted by Gasteiger charge is 2.18. The number of H-pyrrole nitrogens is 1. The van der Waals surface area contributed by atoms with Gasteiger partial charge in [0.25, 0.3) is 0 Å². The fourth-order valence-corrected chi connectivity index (χ4v) is 2.42. The lowest BCUT2D eigenvalue weighted by molar-refractivity contribution is 0.101. The fraction of sp³-hybridized carbons (Fsp3) is 0.250. The zero-order chi connectivity index (χ0) is 15.9. The molecule has 0 aliphatic heterocycles. The van der Waals surface area contributed by atoms with Crippen molar-refractivity contribution in [2.75, 3.05) is 0 Å². The van der Waals surface area contributed by atoms with Crippen molar-refractivity contribution in [1.82, 2.24) is 20.2 Å². The number of carbonyl (C=O) groups excluding carboxylic acids is 1. The molecule has 0 bridgehead atoms. The number of nitrogens with zero attached hydrogens (tertiary/aromatic N) is 3. The van der Waals surface area contributed by atoms with Gasteiger partial charge in [-0.2, -0.15) is 5.10 Å². The van der Waals surface area contributed by atoms with Gasteiger partial charge in [0.1, 0.15) is 17.7 Å². The van der Waals surface area contributed by atoms with Gasteiger partial charge in [0.15, 0.2) is 5.78 Å². The molecule has 22 heavy (non-hydrogen) atoms. The minimum Gasteiger partial charge on any atom is -0.293 e. The molecule has 1 N–H and O–H groups in total. The predicted octanol–water partition coefficient (Wildman–Crippen LogP) is 3.56. The lowest BCUT2D eigenvalue weighted by atomic mass is 9.98. The van der Waals surface area contributed by atoms with E-state index in [9.17, 15) is 9.18 Å². The summed E-state index contributed by atoms with van der Waals surface area (Å²) in [6.45, 7) is 4.70. The molecule has 0 aliphatic rings. The van der Waals surface area contributed by atoms with Crippen LogP contribution in [0.4, 0.5) is 4.39 Å². The van der Waals surface area contributed by atoms with E-state index in [1.165, 1.54) is 13.8 Å². The van der Waals surface area contributed by atoms with Gasteiger partial charge in [-0.25, -0.2) is 14.4 Å². The molecule has 0 radical (unpaired) electrons. The maximum atomic E-state index is 14.0. The molecule has 6 heteroatoms. The second-order valence-corrected chi connectivity index (χ2v) is 5.25. The normalized spacial score (nSPS) is 12.5. The number of aromatic nitrogens is 4. The molecule has 0 aliphatic carbocycles. The number of halogens is 1. The van der Waals surface area contributed by atoms with Gasteiger partial charge in [-0.05, 0) is 31.5 Å². The van der Waals surface area contributed by atoms with Crippen molar-refractivity contribution in [3.8, 4) is 11.1 Å². The number of rotatable bonds is 3. The Hall–Kier alpha value is -2.63. The summed E-state index contributed by atoms with van der Waals surface area (Å²) >= 11 is 0. The molecule has 3 aromatic rings. The zero-order valence-electron chi connectivity index (χ0n) is 12.5. The Labute approximate surface area is 126 Å². The summed E-state index contributed by atoms with van der Waals surface area (Å²) in [6, 6.07) is 3.54. The van der Waals surface area contributed by atoms with Gasteiger partial charge in [0, 0.05) is 35.8 Å². The van der Waals surface area contributed by atoms with Crippen LogP contribution in [0.5, 0.6) is 0 Å². The molecule has 1 unspecified atom stereocenters. The number of hydrogen-bond donors (Lipinski definition) is 1. The van der Waals surface area contributed by atoms with E-state index in [1.54, 1.807) is 25.4 Å². The second kappa shape index (κ2) is 5.29. The van der Waals surface area contributed by atoms with Crippen LogP contribution in [0.1, 0.15) is 41.9 Å². The van der Waals surface area contributed by atoms with Crippen LogP contribution in [0, 0.1) is 6.92 Å². The molecule has 3 rings (SSSR count). The van der Waals surface area contributed by atoms with Crippen LogP contribution in [-0.4, -0.2) is 25.9 Å². The van der Waals surface area contributed by atoms with Crippen LogP contribution in [0.15, 0.2) is 24.5 Å². The summed E-state index contributed by atoms with van der Waals surface area (Å²) < 4.78 is 14.0. The Morgan fingerprint density at radius 1 is 1.23 bits per heavy atom. The minimum atomic E-state index is -1.20. The van der Waals surface area contributed by atoms with Crippen molar-refractivity contribution in [2.24, 2.45) is 0 Å². The van der Waals surface area contributed by atoms with Crippen LogP contribution in [0.25, 0.3) is 22.0 Å². The smallest absolute Gasteiger partial charge is 0.178 e. The van der Waals surface area contributed by atoms with E-state index in [2.05, 4.69) is 20.2 Å². The van der Waals surface area contributed by atoms with Crippen molar-refractivity contribution < 1.29 is 9.18 Å². The SMILES string of the molecule is CC(=O)c1[nH]nc2c(C(C)F)cc(-c3cnc(C)nc3)cc12. The molecule has 0 saturated heterocycles. The van der Waals surface area contributed by atoms with Gasteiger partial charge in [-0.3, -0.25) is 9.89 Å². The molecular weight excluding hydrogens is 283 g/mol. The monoisotopic (exact) mass is 298 g/mol. The summed E-state index contributed by atoms with van der Waals surface area (Å²) in [4.78, 5) is 20.0. The van der Waals surface area contributed by atoms with Gasteiger partial charge >= 0.3 is 0 Å². The van der Waals surface area contributed by atoms with E-state index in [0.717, 1.165) is 11.1 Å². The number of carbonyl (C=O) groups is 1. The molecule has 112 valence electrons. The molecule has 1 aromatic carbocycles. The van der Waals surface area contributed by atoms with Crippen molar-refractivity contribution in [1.29, 1.82) is 0 Å². The van der Waals surface area contributed by atoms with Crippen molar-refractivity contribution in [3.05, 3.63) is 41.6 Å². The molecular formula is C16H15FN4O. The largest absolute Gasteiger partial charge is 0.293 e. The summed E-state index contributed by atoms with van der Waals surface area (Å²) in [5.74, 6) is 0.522. The Morgan fingerprint density at radius 2 is 1.91 bits per heavy atom. The highest BCUT2D eigenvalue weighted by Crippen LogP contribution is 2.32. The fourth-order valence-electron chi connectivity index (χ4n) is 2.42. The Morgan fingerprint density at radius 3 is 2.50 bits per heavy atom. The van der Waals surface area contributed by atoms with Gasteiger partial charge < -0.3 is 0 Å². The van der Waals surface area contributed by atoms with Crippen LogP contribution in [0.2, 0.25) is 0 Å². The first-order chi connectivity index (χ1) is 10.5. The highest BCUT2D eigenvalue weighted by atomic mass is 19.1. The first-order valence-electron chi connectivity index (χ1n) is 6.93. The Bertz CT molecular complexity index is 852. The summed E-state index contributed by atoms with van der Waals surface area (Å²) in [6.07, 6.45) is 2.17. The average Bonchev–Trinajstić information content (AvgIpc) is 2.90.